The van der Waals surface area contributed by atoms with Gasteiger partial charge in [-0.2, -0.15) is 14.8 Å². The summed E-state index contributed by atoms with van der Waals surface area (Å²) in [7, 11) is 1.33. The molecule has 0 bridgehead atoms. The second-order valence-corrected chi connectivity index (χ2v) is 6.93. The minimum atomic E-state index is -1.27. The van der Waals surface area contributed by atoms with E-state index in [-0.39, 0.29) is 18.2 Å². The highest BCUT2D eigenvalue weighted by Gasteiger charge is 2.52. The van der Waals surface area contributed by atoms with Gasteiger partial charge >= 0.3 is 5.97 Å². The number of nitrogens with zero attached hydrogens (tertiary/aromatic N) is 3. The maximum Gasteiger partial charge on any atom is 0.339 e. The number of aromatic hydroxyl groups is 1. The number of aromatic nitrogens is 3. The molecule has 0 fully saturated rings. The molecule has 5 rings (SSSR count). The van der Waals surface area contributed by atoms with E-state index in [1.165, 1.54) is 13.4 Å². The lowest BCUT2D eigenvalue weighted by molar-refractivity contribution is -0.140. The standard InChI is InChI=1S/C21H18N4O4/c1-28-19(27)15-10-13-6-2-5-9-18(13)29-21(15)11-16(14-7-3-4-8-17(14)26)24-20-22-12-23-25(20)21/h2-10,12,16,26H,11H2,1H3,(H,22,23,24)/t16?,21-/m0/s1. The van der Waals surface area contributed by atoms with E-state index in [1.807, 2.05) is 36.4 Å². The largest absolute Gasteiger partial charge is 0.508 e. The fraction of sp³-hybridized carbons (Fsp3) is 0.190. The molecule has 0 saturated carbocycles. The molecule has 0 saturated heterocycles. The number of ether oxygens (including phenoxy) is 2. The Kier molecular flexibility index (Phi) is 3.80. The quantitative estimate of drug-likeness (QED) is 0.649. The molecule has 2 aromatic carbocycles. The van der Waals surface area contributed by atoms with E-state index in [9.17, 15) is 9.90 Å². The predicted octanol–water partition coefficient (Wildman–Crippen LogP) is 2.84. The van der Waals surface area contributed by atoms with Gasteiger partial charge in [-0.3, -0.25) is 0 Å². The Labute approximate surface area is 166 Å². The van der Waals surface area contributed by atoms with E-state index in [2.05, 4.69) is 15.4 Å². The summed E-state index contributed by atoms with van der Waals surface area (Å²) in [5, 5.41) is 18.0. The number of nitrogens with one attached hydrogen (secondary N) is 1. The van der Waals surface area contributed by atoms with Crippen LogP contribution in [-0.2, 0) is 15.3 Å². The van der Waals surface area contributed by atoms with E-state index >= 15 is 0 Å². The monoisotopic (exact) mass is 390 g/mol. The van der Waals surface area contributed by atoms with Crippen LogP contribution >= 0.6 is 0 Å². The van der Waals surface area contributed by atoms with Crippen LogP contribution in [0.2, 0.25) is 0 Å². The Hall–Kier alpha value is -3.81. The van der Waals surface area contributed by atoms with Crippen molar-refractivity contribution < 1.29 is 19.4 Å². The molecule has 0 radical (unpaired) electrons. The van der Waals surface area contributed by atoms with Gasteiger partial charge in [0, 0.05) is 17.5 Å². The number of hydrogen-bond donors (Lipinski definition) is 2. The molecule has 146 valence electrons. The average molecular weight is 390 g/mol. The molecule has 3 aromatic rings. The third-order valence-corrected chi connectivity index (χ3v) is 5.31. The molecule has 2 atom stereocenters. The second kappa shape index (κ2) is 6.37. The van der Waals surface area contributed by atoms with Crippen molar-refractivity contribution in [1.82, 2.24) is 14.8 Å². The topological polar surface area (TPSA) is 98.5 Å². The number of phenols is 1. The molecule has 1 unspecified atom stereocenters. The number of fused-ring (bicyclic) bond motifs is 3. The average Bonchev–Trinajstić information content (AvgIpc) is 3.22. The maximum absolute atomic E-state index is 12.8. The number of hydrogen-bond acceptors (Lipinski definition) is 7. The van der Waals surface area contributed by atoms with Gasteiger partial charge in [-0.15, -0.1) is 0 Å². The van der Waals surface area contributed by atoms with Crippen molar-refractivity contribution in [2.24, 2.45) is 0 Å². The highest BCUT2D eigenvalue weighted by Crippen LogP contribution is 2.48. The van der Waals surface area contributed by atoms with Gasteiger partial charge in [-0.25, -0.2) is 4.79 Å². The smallest absolute Gasteiger partial charge is 0.339 e. The SMILES string of the molecule is COC(=O)C1=Cc2ccccc2O[C@@]12CC(c1ccccc1O)Nc1ncnn12. The fourth-order valence-electron chi connectivity index (χ4n) is 3.98. The molecule has 0 aliphatic carbocycles. The first-order chi connectivity index (χ1) is 14.1. The number of esters is 1. The number of rotatable bonds is 2. The van der Waals surface area contributed by atoms with E-state index in [0.717, 1.165) is 5.56 Å². The fourth-order valence-corrected chi connectivity index (χ4v) is 3.98. The van der Waals surface area contributed by atoms with Crippen LogP contribution < -0.4 is 10.1 Å². The van der Waals surface area contributed by atoms with Crippen molar-refractivity contribution in [3.63, 3.8) is 0 Å². The van der Waals surface area contributed by atoms with Crippen LogP contribution in [0.3, 0.4) is 0 Å². The number of methoxy groups -OCH3 is 1. The number of carbonyl (C=O) groups is 1. The Morgan fingerprint density at radius 3 is 2.90 bits per heavy atom. The zero-order valence-corrected chi connectivity index (χ0v) is 15.6. The predicted molar refractivity (Wildman–Crippen MR) is 104 cm³/mol. The van der Waals surface area contributed by atoms with Crippen LogP contribution in [0.4, 0.5) is 5.95 Å². The normalized spacial score (nSPS) is 22.0. The summed E-state index contributed by atoms with van der Waals surface area (Å²) < 4.78 is 13.1. The summed E-state index contributed by atoms with van der Waals surface area (Å²) in [6, 6.07) is 14.1. The molecule has 1 spiro atoms. The van der Waals surface area contributed by atoms with Crippen LogP contribution in [0.15, 0.2) is 60.4 Å². The van der Waals surface area contributed by atoms with Crippen LogP contribution in [-0.4, -0.2) is 33.0 Å². The van der Waals surface area contributed by atoms with Gasteiger partial charge in [0.25, 0.3) is 0 Å². The lowest BCUT2D eigenvalue weighted by Crippen LogP contribution is -2.51. The van der Waals surface area contributed by atoms with Crippen LogP contribution in [0, 0.1) is 0 Å². The Bertz CT molecular complexity index is 1140. The first-order valence-corrected chi connectivity index (χ1v) is 9.16. The Morgan fingerprint density at radius 2 is 2.07 bits per heavy atom. The van der Waals surface area contributed by atoms with Crippen molar-refractivity contribution in [3.05, 3.63) is 71.6 Å². The lowest BCUT2D eigenvalue weighted by Gasteiger charge is -2.44. The summed E-state index contributed by atoms with van der Waals surface area (Å²) in [5.41, 5.74) is 0.490. The van der Waals surface area contributed by atoms with Gasteiger partial charge in [0.15, 0.2) is 0 Å². The van der Waals surface area contributed by atoms with Crippen molar-refractivity contribution >= 4 is 18.0 Å². The summed E-state index contributed by atoms with van der Waals surface area (Å²) in [6.07, 6.45) is 3.45. The second-order valence-electron chi connectivity index (χ2n) is 6.93. The highest BCUT2D eigenvalue weighted by atomic mass is 16.5. The lowest BCUT2D eigenvalue weighted by atomic mass is 9.86. The van der Waals surface area contributed by atoms with Crippen molar-refractivity contribution in [1.29, 1.82) is 0 Å². The molecule has 8 heteroatoms. The minimum Gasteiger partial charge on any atom is -0.508 e. The molecular formula is C21H18N4O4. The van der Waals surface area contributed by atoms with Gasteiger partial charge in [0.2, 0.25) is 11.7 Å². The van der Waals surface area contributed by atoms with Gasteiger partial charge in [-0.05, 0) is 18.2 Å². The first-order valence-electron chi connectivity index (χ1n) is 9.16. The number of benzene rings is 2. The van der Waals surface area contributed by atoms with Gasteiger partial charge < -0.3 is 19.9 Å². The molecule has 1 aromatic heterocycles. The molecule has 3 heterocycles. The first kappa shape index (κ1) is 17.3. The van der Waals surface area contributed by atoms with Crippen molar-refractivity contribution in [2.75, 3.05) is 12.4 Å². The van der Waals surface area contributed by atoms with Crippen molar-refractivity contribution in [2.45, 2.75) is 18.2 Å². The zero-order valence-electron chi connectivity index (χ0n) is 15.6. The van der Waals surface area contributed by atoms with Crippen LogP contribution in [0.1, 0.15) is 23.6 Å². The maximum atomic E-state index is 12.8. The zero-order chi connectivity index (χ0) is 20.0. The third-order valence-electron chi connectivity index (χ3n) is 5.31. The summed E-state index contributed by atoms with van der Waals surface area (Å²) in [4.78, 5) is 17.1. The number of phenolic OH excluding ortho intramolecular Hbond substituents is 1. The highest BCUT2D eigenvalue weighted by molar-refractivity contribution is 5.96. The summed E-state index contributed by atoms with van der Waals surface area (Å²) in [6.45, 7) is 0. The van der Waals surface area contributed by atoms with E-state index < -0.39 is 11.7 Å². The molecule has 2 aliphatic rings. The van der Waals surface area contributed by atoms with E-state index in [4.69, 9.17) is 9.47 Å². The van der Waals surface area contributed by atoms with Crippen LogP contribution in [0.25, 0.3) is 6.08 Å². The van der Waals surface area contributed by atoms with Gasteiger partial charge in [0.05, 0.1) is 13.2 Å². The molecule has 8 nitrogen and oxygen atoms in total. The van der Waals surface area contributed by atoms with Crippen molar-refractivity contribution in [3.8, 4) is 11.5 Å². The van der Waals surface area contributed by atoms with E-state index in [0.29, 0.717) is 22.8 Å². The van der Waals surface area contributed by atoms with Crippen LogP contribution in [0.5, 0.6) is 11.5 Å². The van der Waals surface area contributed by atoms with E-state index in [1.54, 1.807) is 22.9 Å². The number of anilines is 1. The Morgan fingerprint density at radius 1 is 1.28 bits per heavy atom. The molecule has 29 heavy (non-hydrogen) atoms. The summed E-state index contributed by atoms with van der Waals surface area (Å²) >= 11 is 0. The molecule has 2 aliphatic heterocycles. The number of para-hydroxylation sites is 2. The molecule has 2 N–H and O–H groups in total. The van der Waals surface area contributed by atoms with Gasteiger partial charge in [-0.1, -0.05) is 36.4 Å². The van der Waals surface area contributed by atoms with Gasteiger partial charge in [0.1, 0.15) is 23.4 Å². The summed E-state index contributed by atoms with van der Waals surface area (Å²) in [5.74, 6) is 0.685. The Balaban J connectivity index is 1.71. The minimum absolute atomic E-state index is 0.146. The molecular weight excluding hydrogens is 372 g/mol. The number of carbonyl (C=O) groups excluding carboxylic acids is 1. The molecule has 0 amide bonds. The third kappa shape index (κ3) is 2.56.